The second kappa shape index (κ2) is 10.4. The van der Waals surface area contributed by atoms with Crippen molar-refractivity contribution in [3.63, 3.8) is 0 Å². The number of para-hydroxylation sites is 1. The van der Waals surface area contributed by atoms with Gasteiger partial charge in [0, 0.05) is 9.79 Å². The molecule has 0 bridgehead atoms. The van der Waals surface area contributed by atoms with Gasteiger partial charge in [0.15, 0.2) is 6.61 Å². The van der Waals surface area contributed by atoms with Gasteiger partial charge in [-0.2, -0.15) is 10.4 Å². The quantitative estimate of drug-likeness (QED) is 0.214. The van der Waals surface area contributed by atoms with E-state index in [0.717, 1.165) is 33.0 Å². The predicted molar refractivity (Wildman–Crippen MR) is 143 cm³/mol. The number of rotatable bonds is 6. The fourth-order valence-electron chi connectivity index (χ4n) is 3.74. The van der Waals surface area contributed by atoms with Crippen LogP contribution in [-0.2, 0) is 4.79 Å². The molecule has 176 valence electrons. The Hall–Kier alpha value is -4.54. The molecule has 2 N–H and O–H groups in total. The maximum Gasteiger partial charge on any atom is 0.277 e. The van der Waals surface area contributed by atoms with Crippen molar-refractivity contribution in [3.8, 4) is 22.9 Å². The van der Waals surface area contributed by atoms with E-state index in [1.54, 1.807) is 23.9 Å². The summed E-state index contributed by atoms with van der Waals surface area (Å²) >= 11 is 1.73. The highest BCUT2D eigenvalue weighted by Gasteiger charge is 2.16. The summed E-state index contributed by atoms with van der Waals surface area (Å²) in [5.74, 6) is 0.243. The van der Waals surface area contributed by atoms with Gasteiger partial charge in [0.25, 0.3) is 5.91 Å². The number of fused-ring (bicyclic) bond motifs is 2. The van der Waals surface area contributed by atoms with Crippen molar-refractivity contribution in [2.45, 2.75) is 16.7 Å². The molecule has 5 rings (SSSR count). The fourth-order valence-corrected chi connectivity index (χ4v) is 4.71. The van der Waals surface area contributed by atoms with Crippen molar-refractivity contribution in [3.05, 3.63) is 102 Å². The van der Waals surface area contributed by atoms with E-state index < -0.39 is 0 Å². The SMILES string of the molecule is C/C(=N\NC(=O)COc1ccc(-c2ccc(C#N)cc2)cc1)c1ccc2c(c1)Nc1ccccc1S2. The normalized spacial score (nSPS) is 11.9. The monoisotopic (exact) mass is 490 g/mol. The number of hydrazone groups is 1. The van der Waals surface area contributed by atoms with Gasteiger partial charge in [-0.1, -0.05) is 54.2 Å². The molecular formula is C29H22N4O2S. The molecule has 6 nitrogen and oxygen atoms in total. The van der Waals surface area contributed by atoms with Crippen LogP contribution in [0.15, 0.2) is 106 Å². The molecule has 0 unspecified atom stereocenters. The van der Waals surface area contributed by atoms with Crippen LogP contribution in [-0.4, -0.2) is 18.2 Å². The molecule has 1 amide bonds. The number of nitrogens with zero attached hydrogens (tertiary/aromatic N) is 2. The summed E-state index contributed by atoms with van der Waals surface area (Å²) in [7, 11) is 0. The lowest BCUT2D eigenvalue weighted by Gasteiger charge is -2.21. The zero-order valence-corrected chi connectivity index (χ0v) is 20.3. The highest BCUT2D eigenvalue weighted by atomic mass is 32.2. The van der Waals surface area contributed by atoms with Crippen LogP contribution in [0.4, 0.5) is 11.4 Å². The van der Waals surface area contributed by atoms with E-state index in [0.29, 0.717) is 17.0 Å². The van der Waals surface area contributed by atoms with Gasteiger partial charge < -0.3 is 10.1 Å². The molecule has 0 saturated heterocycles. The minimum atomic E-state index is -0.342. The molecule has 1 aliphatic rings. The molecule has 0 spiro atoms. The lowest BCUT2D eigenvalue weighted by Crippen LogP contribution is -2.25. The molecule has 0 saturated carbocycles. The molecule has 4 aromatic rings. The molecule has 7 heteroatoms. The zero-order valence-electron chi connectivity index (χ0n) is 19.5. The molecule has 0 aromatic heterocycles. The van der Waals surface area contributed by atoms with Crippen LogP contribution >= 0.6 is 11.8 Å². The van der Waals surface area contributed by atoms with Gasteiger partial charge in [-0.3, -0.25) is 4.79 Å². The third-order valence-electron chi connectivity index (χ3n) is 5.69. The Balaban J connectivity index is 1.16. The number of benzene rings is 4. The number of nitrogens with one attached hydrogen (secondary N) is 2. The fraction of sp³-hybridized carbons (Fsp3) is 0.0690. The maximum absolute atomic E-state index is 12.3. The van der Waals surface area contributed by atoms with E-state index >= 15 is 0 Å². The van der Waals surface area contributed by atoms with Gasteiger partial charge >= 0.3 is 0 Å². The van der Waals surface area contributed by atoms with Crippen molar-refractivity contribution in [2.24, 2.45) is 5.10 Å². The predicted octanol–water partition coefficient (Wildman–Crippen LogP) is 6.35. The first-order valence-corrected chi connectivity index (χ1v) is 12.2. The molecule has 1 heterocycles. The second-order valence-corrected chi connectivity index (χ2v) is 9.25. The molecule has 0 radical (unpaired) electrons. The Bertz CT molecular complexity index is 1490. The Morgan fingerprint density at radius 1 is 0.944 bits per heavy atom. The first-order valence-electron chi connectivity index (χ1n) is 11.3. The number of ether oxygens (including phenoxy) is 1. The van der Waals surface area contributed by atoms with E-state index in [-0.39, 0.29) is 12.5 Å². The van der Waals surface area contributed by atoms with Crippen LogP contribution in [0, 0.1) is 11.3 Å². The summed E-state index contributed by atoms with van der Waals surface area (Å²) in [6.07, 6.45) is 0. The third kappa shape index (κ3) is 5.24. The minimum Gasteiger partial charge on any atom is -0.484 e. The lowest BCUT2D eigenvalue weighted by atomic mass is 10.0. The summed E-state index contributed by atoms with van der Waals surface area (Å²) in [5, 5.41) is 16.6. The van der Waals surface area contributed by atoms with Crippen LogP contribution in [0.3, 0.4) is 0 Å². The van der Waals surface area contributed by atoms with Gasteiger partial charge in [0.2, 0.25) is 0 Å². The molecule has 36 heavy (non-hydrogen) atoms. The number of amides is 1. The average Bonchev–Trinajstić information content (AvgIpc) is 2.93. The zero-order chi connectivity index (χ0) is 24.9. The van der Waals surface area contributed by atoms with Crippen molar-refractivity contribution in [1.82, 2.24) is 5.43 Å². The van der Waals surface area contributed by atoms with Crippen molar-refractivity contribution in [2.75, 3.05) is 11.9 Å². The standard InChI is InChI=1S/C29H22N4O2S/c1-19(23-12-15-28-26(16-23)31-25-4-2-3-5-27(25)36-28)32-33-29(34)18-35-24-13-10-22(11-14-24)21-8-6-20(17-30)7-9-21/h2-16,31H,18H2,1H3,(H,33,34)/b32-19+. The van der Waals surface area contributed by atoms with E-state index in [9.17, 15) is 4.79 Å². The molecule has 4 aromatic carbocycles. The maximum atomic E-state index is 12.3. The second-order valence-electron chi connectivity index (χ2n) is 8.17. The number of hydrogen-bond acceptors (Lipinski definition) is 6. The lowest BCUT2D eigenvalue weighted by molar-refractivity contribution is -0.123. The van der Waals surface area contributed by atoms with Crippen LogP contribution in [0.5, 0.6) is 5.75 Å². The first-order chi connectivity index (χ1) is 17.6. The molecule has 1 aliphatic heterocycles. The summed E-state index contributed by atoms with van der Waals surface area (Å²) in [5.41, 5.74) is 8.90. The van der Waals surface area contributed by atoms with Gasteiger partial charge in [-0.25, -0.2) is 5.43 Å². The van der Waals surface area contributed by atoms with E-state index in [4.69, 9.17) is 10.00 Å². The van der Waals surface area contributed by atoms with Crippen molar-refractivity contribution >= 4 is 34.8 Å². The molecule has 0 atom stereocenters. The molecule has 0 aliphatic carbocycles. The van der Waals surface area contributed by atoms with Crippen molar-refractivity contribution < 1.29 is 9.53 Å². The van der Waals surface area contributed by atoms with Crippen LogP contribution in [0.1, 0.15) is 18.1 Å². The largest absolute Gasteiger partial charge is 0.484 e. The highest BCUT2D eigenvalue weighted by Crippen LogP contribution is 2.44. The van der Waals surface area contributed by atoms with Gasteiger partial charge in [0.05, 0.1) is 28.7 Å². The van der Waals surface area contributed by atoms with Gasteiger partial charge in [0.1, 0.15) is 5.75 Å². The van der Waals surface area contributed by atoms with Crippen LogP contribution < -0.4 is 15.5 Å². The van der Waals surface area contributed by atoms with E-state index in [1.807, 2.05) is 67.6 Å². The van der Waals surface area contributed by atoms with Crippen LogP contribution in [0.2, 0.25) is 0 Å². The number of hydrogen-bond donors (Lipinski definition) is 2. The smallest absolute Gasteiger partial charge is 0.277 e. The van der Waals surface area contributed by atoms with E-state index in [2.05, 4.69) is 40.1 Å². The Kier molecular flexibility index (Phi) is 6.69. The topological polar surface area (TPSA) is 86.5 Å². The minimum absolute atomic E-state index is 0.147. The Labute approximate surface area is 213 Å². The summed E-state index contributed by atoms with van der Waals surface area (Å²) in [6, 6.07) is 31.2. The van der Waals surface area contributed by atoms with Crippen LogP contribution in [0.25, 0.3) is 11.1 Å². The molecule has 0 fully saturated rings. The molecular weight excluding hydrogens is 468 g/mol. The number of anilines is 2. The van der Waals surface area contributed by atoms with Crippen molar-refractivity contribution in [1.29, 1.82) is 5.26 Å². The van der Waals surface area contributed by atoms with Gasteiger partial charge in [-0.05, 0) is 72.1 Å². The number of carbonyl (C=O) groups excluding carboxylic acids is 1. The highest BCUT2D eigenvalue weighted by molar-refractivity contribution is 7.99. The summed E-state index contributed by atoms with van der Waals surface area (Å²) in [4.78, 5) is 14.6. The first kappa shape index (κ1) is 23.2. The Morgan fingerprint density at radius 2 is 1.64 bits per heavy atom. The third-order valence-corrected chi connectivity index (χ3v) is 6.85. The van der Waals surface area contributed by atoms with E-state index in [1.165, 1.54) is 4.90 Å². The number of carbonyl (C=O) groups is 1. The summed E-state index contributed by atoms with van der Waals surface area (Å²) in [6.45, 7) is 1.71. The van der Waals surface area contributed by atoms with Gasteiger partial charge in [-0.15, -0.1) is 0 Å². The average molecular weight is 491 g/mol. The summed E-state index contributed by atoms with van der Waals surface area (Å²) < 4.78 is 5.60. The Morgan fingerprint density at radius 3 is 2.39 bits per heavy atom. The number of nitriles is 1.